The van der Waals surface area contributed by atoms with Crippen molar-refractivity contribution in [2.75, 3.05) is 20.0 Å². The van der Waals surface area contributed by atoms with Gasteiger partial charge in [0.1, 0.15) is 0 Å². The summed E-state index contributed by atoms with van der Waals surface area (Å²) >= 11 is 1.30. The standard InChI is InChI=1S/C22H22N2O5S2/c1-4-12-24-17-14-18(28-2)19(29-3)15-20(17)30-22(24)23-21(25)11-8-13-31(26,27)16-9-6-5-7-10-16/h1,5-7,9-10,14-15H,8,11-13H2,2-3H3. The Morgan fingerprint density at radius 1 is 1.16 bits per heavy atom. The lowest BCUT2D eigenvalue weighted by Crippen LogP contribution is -2.17. The van der Waals surface area contributed by atoms with E-state index in [0.717, 1.165) is 10.2 Å². The van der Waals surface area contributed by atoms with Crippen LogP contribution in [0.4, 0.5) is 0 Å². The number of fused-ring (bicyclic) bond motifs is 1. The second-order valence-electron chi connectivity index (χ2n) is 6.59. The maximum Gasteiger partial charge on any atom is 0.248 e. The van der Waals surface area contributed by atoms with E-state index in [1.807, 2.05) is 6.07 Å². The molecule has 162 valence electrons. The molecule has 0 aliphatic rings. The first-order chi connectivity index (χ1) is 14.9. The Labute approximate surface area is 184 Å². The van der Waals surface area contributed by atoms with E-state index in [4.69, 9.17) is 15.9 Å². The van der Waals surface area contributed by atoms with Crippen LogP contribution in [0.1, 0.15) is 12.8 Å². The number of aromatic nitrogens is 1. The van der Waals surface area contributed by atoms with E-state index in [0.29, 0.717) is 16.3 Å². The number of amides is 1. The number of methoxy groups -OCH3 is 2. The van der Waals surface area contributed by atoms with Gasteiger partial charge in [-0.15, -0.1) is 6.42 Å². The van der Waals surface area contributed by atoms with Crippen LogP contribution in [0, 0.1) is 12.3 Å². The van der Waals surface area contributed by atoms with Crippen LogP contribution >= 0.6 is 11.3 Å². The molecule has 0 fully saturated rings. The molecule has 0 atom stereocenters. The minimum atomic E-state index is -3.43. The average molecular weight is 459 g/mol. The molecule has 0 N–H and O–H groups in total. The molecule has 0 saturated carbocycles. The summed E-state index contributed by atoms with van der Waals surface area (Å²) in [5, 5.41) is 0. The normalized spacial score (nSPS) is 12.0. The van der Waals surface area contributed by atoms with Crippen LogP contribution in [0.3, 0.4) is 0 Å². The van der Waals surface area contributed by atoms with Gasteiger partial charge < -0.3 is 14.0 Å². The van der Waals surface area contributed by atoms with E-state index in [2.05, 4.69) is 10.9 Å². The first-order valence-electron chi connectivity index (χ1n) is 9.44. The lowest BCUT2D eigenvalue weighted by Gasteiger charge is -2.08. The molecule has 7 nitrogen and oxygen atoms in total. The summed E-state index contributed by atoms with van der Waals surface area (Å²) in [6, 6.07) is 11.8. The van der Waals surface area contributed by atoms with Gasteiger partial charge in [-0.2, -0.15) is 4.99 Å². The number of hydrogen-bond donors (Lipinski definition) is 0. The summed E-state index contributed by atoms with van der Waals surface area (Å²) in [5.74, 6) is 3.15. The molecule has 0 radical (unpaired) electrons. The highest BCUT2D eigenvalue weighted by Gasteiger charge is 2.15. The second-order valence-corrected chi connectivity index (χ2v) is 9.71. The van der Waals surface area contributed by atoms with Gasteiger partial charge in [0.15, 0.2) is 26.1 Å². The number of ether oxygens (including phenoxy) is 2. The maximum absolute atomic E-state index is 12.4. The zero-order valence-electron chi connectivity index (χ0n) is 17.2. The maximum atomic E-state index is 12.4. The summed E-state index contributed by atoms with van der Waals surface area (Å²) in [4.78, 5) is 17.3. The zero-order chi connectivity index (χ0) is 22.4. The van der Waals surface area contributed by atoms with E-state index in [9.17, 15) is 13.2 Å². The molecular weight excluding hydrogens is 436 g/mol. The van der Waals surface area contributed by atoms with Gasteiger partial charge in [-0.1, -0.05) is 35.5 Å². The van der Waals surface area contributed by atoms with Crippen LogP contribution in [0.5, 0.6) is 11.5 Å². The minimum Gasteiger partial charge on any atom is -0.493 e. The van der Waals surface area contributed by atoms with Crippen LogP contribution < -0.4 is 14.3 Å². The highest BCUT2D eigenvalue weighted by molar-refractivity contribution is 7.91. The van der Waals surface area contributed by atoms with Gasteiger partial charge in [-0.3, -0.25) is 4.79 Å². The number of rotatable bonds is 8. The molecule has 1 aromatic heterocycles. The number of terminal acetylenes is 1. The molecule has 0 unspecified atom stereocenters. The summed E-state index contributed by atoms with van der Waals surface area (Å²) in [5.41, 5.74) is 0.777. The highest BCUT2D eigenvalue weighted by atomic mass is 32.2. The van der Waals surface area contributed by atoms with Crippen molar-refractivity contribution >= 4 is 37.3 Å². The van der Waals surface area contributed by atoms with E-state index in [1.165, 1.54) is 11.3 Å². The second kappa shape index (κ2) is 9.81. The van der Waals surface area contributed by atoms with E-state index in [1.54, 1.807) is 55.2 Å². The van der Waals surface area contributed by atoms with Gasteiger partial charge in [-0.25, -0.2) is 8.42 Å². The van der Waals surface area contributed by atoms with E-state index in [-0.39, 0.29) is 30.0 Å². The predicted molar refractivity (Wildman–Crippen MR) is 120 cm³/mol. The molecule has 0 aliphatic carbocycles. The van der Waals surface area contributed by atoms with E-state index < -0.39 is 15.7 Å². The first kappa shape index (κ1) is 22.6. The molecule has 3 aromatic rings. The number of hydrogen-bond acceptors (Lipinski definition) is 6. The molecule has 1 amide bonds. The van der Waals surface area contributed by atoms with Crippen LogP contribution in [0.15, 0.2) is 52.4 Å². The summed E-state index contributed by atoms with van der Waals surface area (Å²) in [7, 11) is -0.344. The molecule has 2 aromatic carbocycles. The third-order valence-corrected chi connectivity index (χ3v) is 7.42. The van der Waals surface area contributed by atoms with Gasteiger partial charge in [0, 0.05) is 18.6 Å². The summed E-state index contributed by atoms with van der Waals surface area (Å²) < 4.78 is 38.0. The number of thiazole rings is 1. The Hall–Kier alpha value is -3.09. The van der Waals surface area contributed by atoms with Crippen molar-refractivity contribution in [1.82, 2.24) is 4.57 Å². The van der Waals surface area contributed by atoms with Crippen LogP contribution in [-0.2, 0) is 21.2 Å². The van der Waals surface area contributed by atoms with Crippen LogP contribution in [0.25, 0.3) is 10.2 Å². The molecule has 1 heterocycles. The van der Waals surface area contributed by atoms with Gasteiger partial charge in [-0.05, 0) is 18.6 Å². The van der Waals surface area contributed by atoms with Crippen molar-refractivity contribution in [3.05, 3.63) is 47.3 Å². The van der Waals surface area contributed by atoms with Gasteiger partial charge in [0.05, 0.1) is 41.6 Å². The molecule has 9 heteroatoms. The molecule has 3 rings (SSSR count). The fourth-order valence-corrected chi connectivity index (χ4v) is 5.44. The average Bonchev–Trinajstić information content (AvgIpc) is 3.09. The Morgan fingerprint density at radius 3 is 2.48 bits per heavy atom. The van der Waals surface area contributed by atoms with Crippen molar-refractivity contribution in [2.24, 2.45) is 4.99 Å². The molecule has 0 aliphatic heterocycles. The SMILES string of the molecule is C#CCn1c(=NC(=O)CCCS(=O)(=O)c2ccccc2)sc2cc(OC)c(OC)cc21. The van der Waals surface area contributed by atoms with Crippen molar-refractivity contribution in [3.63, 3.8) is 0 Å². The number of carbonyl (C=O) groups is 1. The van der Waals surface area contributed by atoms with Crippen molar-refractivity contribution < 1.29 is 22.7 Å². The van der Waals surface area contributed by atoms with Crippen LogP contribution in [0.2, 0.25) is 0 Å². The Bertz CT molecular complexity index is 1300. The Kier molecular flexibility index (Phi) is 7.15. The lowest BCUT2D eigenvalue weighted by molar-refractivity contribution is -0.118. The fourth-order valence-electron chi connectivity index (χ4n) is 3.05. The summed E-state index contributed by atoms with van der Waals surface area (Å²) in [6.07, 6.45) is 5.70. The van der Waals surface area contributed by atoms with Crippen molar-refractivity contribution in [3.8, 4) is 23.8 Å². The molecule has 31 heavy (non-hydrogen) atoms. The number of sulfone groups is 1. The minimum absolute atomic E-state index is 0.0169. The van der Waals surface area contributed by atoms with Crippen molar-refractivity contribution in [1.29, 1.82) is 0 Å². The predicted octanol–water partition coefficient (Wildman–Crippen LogP) is 3.03. The topological polar surface area (TPSA) is 87.0 Å². The Balaban J connectivity index is 1.83. The fraction of sp³-hybridized carbons (Fsp3) is 0.273. The highest BCUT2D eigenvalue weighted by Crippen LogP contribution is 2.33. The van der Waals surface area contributed by atoms with Gasteiger partial charge >= 0.3 is 0 Å². The van der Waals surface area contributed by atoms with Gasteiger partial charge in [0.25, 0.3) is 0 Å². The lowest BCUT2D eigenvalue weighted by atomic mass is 10.3. The summed E-state index contributed by atoms with van der Waals surface area (Å²) in [6.45, 7) is 0.226. The number of benzene rings is 2. The molecule has 0 bridgehead atoms. The zero-order valence-corrected chi connectivity index (χ0v) is 18.8. The smallest absolute Gasteiger partial charge is 0.248 e. The Morgan fingerprint density at radius 2 is 1.84 bits per heavy atom. The largest absolute Gasteiger partial charge is 0.493 e. The quantitative estimate of drug-likeness (QED) is 0.484. The van der Waals surface area contributed by atoms with Gasteiger partial charge in [0.2, 0.25) is 5.91 Å². The molecule has 0 saturated heterocycles. The number of carbonyl (C=O) groups excluding carboxylic acids is 1. The van der Waals surface area contributed by atoms with Crippen molar-refractivity contribution in [2.45, 2.75) is 24.3 Å². The third kappa shape index (κ3) is 5.16. The third-order valence-electron chi connectivity index (χ3n) is 4.56. The van der Waals surface area contributed by atoms with Crippen LogP contribution in [-0.4, -0.2) is 38.9 Å². The monoisotopic (exact) mass is 458 g/mol. The molecular formula is C22H22N2O5S2. The van der Waals surface area contributed by atoms with E-state index >= 15 is 0 Å². The first-order valence-corrected chi connectivity index (χ1v) is 11.9. The molecule has 0 spiro atoms. The number of nitrogens with zero attached hydrogens (tertiary/aromatic N) is 2.